The van der Waals surface area contributed by atoms with Crippen molar-refractivity contribution in [2.24, 2.45) is 9.98 Å². The van der Waals surface area contributed by atoms with Gasteiger partial charge in [-0.05, 0) is 73.8 Å². The van der Waals surface area contributed by atoms with Gasteiger partial charge in [-0.25, -0.2) is 14.7 Å². The van der Waals surface area contributed by atoms with Crippen molar-refractivity contribution >= 4 is 45.9 Å². The number of fused-ring (bicyclic) bond motifs is 4. The van der Waals surface area contributed by atoms with Crippen molar-refractivity contribution in [1.82, 2.24) is 9.78 Å². The van der Waals surface area contributed by atoms with E-state index in [1.54, 1.807) is 11.3 Å². The van der Waals surface area contributed by atoms with Crippen molar-refractivity contribution in [1.29, 1.82) is 0 Å². The molecule has 0 bridgehead atoms. The zero-order chi connectivity index (χ0) is 26.3. The number of para-hydroxylation sites is 3. The molecule has 0 aliphatic carbocycles. The molecular formula is C31H26N6OS. The first-order valence-corrected chi connectivity index (χ1v) is 13.8. The number of ether oxygens (including phenoxy) is 1. The molecule has 0 saturated heterocycles. The van der Waals surface area contributed by atoms with Gasteiger partial charge in [-0.15, -0.1) is 11.3 Å². The van der Waals surface area contributed by atoms with Crippen LogP contribution in [0.5, 0.6) is 5.75 Å². The summed E-state index contributed by atoms with van der Waals surface area (Å²) < 4.78 is 7.59. The van der Waals surface area contributed by atoms with Gasteiger partial charge in [0, 0.05) is 16.1 Å². The lowest BCUT2D eigenvalue weighted by atomic mass is 9.98. The quantitative estimate of drug-likeness (QED) is 0.256. The summed E-state index contributed by atoms with van der Waals surface area (Å²) in [5, 5.41) is 10.7. The van der Waals surface area contributed by atoms with E-state index in [9.17, 15) is 0 Å². The fraction of sp³-hybridized carbons (Fsp3) is 0.129. The molecule has 7 nitrogen and oxygen atoms in total. The van der Waals surface area contributed by atoms with Gasteiger partial charge in [0.05, 0.1) is 29.4 Å². The van der Waals surface area contributed by atoms with Crippen molar-refractivity contribution in [2.45, 2.75) is 19.9 Å². The average molecular weight is 531 g/mol. The molecular weight excluding hydrogens is 504 g/mol. The number of amidine groups is 2. The highest BCUT2D eigenvalue weighted by atomic mass is 32.1. The van der Waals surface area contributed by atoms with E-state index >= 15 is 0 Å². The average Bonchev–Trinajstić information content (AvgIpc) is 3.62. The molecule has 5 aromatic rings. The van der Waals surface area contributed by atoms with Crippen LogP contribution in [0.15, 0.2) is 106 Å². The van der Waals surface area contributed by atoms with E-state index in [2.05, 4.69) is 58.9 Å². The Morgan fingerprint density at radius 1 is 0.897 bits per heavy atom. The molecule has 1 N–H and O–H groups in total. The highest BCUT2D eigenvalue weighted by molar-refractivity contribution is 7.10. The number of aliphatic imine (C=N–C) groups is 2. The number of aryl methyl sites for hydroxylation is 1. The van der Waals surface area contributed by atoms with Crippen LogP contribution in [0, 0.1) is 6.92 Å². The van der Waals surface area contributed by atoms with Crippen molar-refractivity contribution in [3.8, 4) is 11.4 Å². The molecule has 8 heteroatoms. The first kappa shape index (κ1) is 23.4. The zero-order valence-electron chi connectivity index (χ0n) is 21.6. The summed E-state index contributed by atoms with van der Waals surface area (Å²) in [6.45, 7) is 4.68. The van der Waals surface area contributed by atoms with Crippen LogP contribution in [0.4, 0.5) is 22.9 Å². The summed E-state index contributed by atoms with van der Waals surface area (Å²) in [7, 11) is 0. The molecule has 2 aliphatic rings. The smallest absolute Gasteiger partial charge is 0.179 e. The summed E-state index contributed by atoms with van der Waals surface area (Å²) in [6, 6.07) is 30.5. The topological polar surface area (TPSA) is 67.0 Å². The highest BCUT2D eigenvalue weighted by Gasteiger charge is 2.41. The van der Waals surface area contributed by atoms with Gasteiger partial charge < -0.3 is 15.0 Å². The fourth-order valence-corrected chi connectivity index (χ4v) is 6.02. The Bertz CT molecular complexity index is 1700. The van der Waals surface area contributed by atoms with E-state index in [1.165, 1.54) is 4.88 Å². The molecule has 192 valence electrons. The first-order valence-electron chi connectivity index (χ1n) is 13.0. The maximum absolute atomic E-state index is 5.64. The predicted octanol–water partition coefficient (Wildman–Crippen LogP) is 7.44. The van der Waals surface area contributed by atoms with Gasteiger partial charge in [0.1, 0.15) is 11.8 Å². The summed E-state index contributed by atoms with van der Waals surface area (Å²) >= 11 is 1.74. The molecule has 4 heterocycles. The minimum absolute atomic E-state index is 0.0984. The minimum Gasteiger partial charge on any atom is -0.494 e. The fourth-order valence-electron chi connectivity index (χ4n) is 5.20. The molecule has 2 aliphatic heterocycles. The van der Waals surface area contributed by atoms with Crippen LogP contribution in [0.1, 0.15) is 29.1 Å². The molecule has 0 fully saturated rings. The van der Waals surface area contributed by atoms with Crippen LogP contribution in [-0.2, 0) is 0 Å². The van der Waals surface area contributed by atoms with Gasteiger partial charge in [0.25, 0.3) is 0 Å². The monoisotopic (exact) mass is 530 g/mol. The summed E-state index contributed by atoms with van der Waals surface area (Å²) in [5.41, 5.74) is 5.84. The van der Waals surface area contributed by atoms with Crippen molar-refractivity contribution in [3.05, 3.63) is 113 Å². The van der Waals surface area contributed by atoms with Crippen molar-refractivity contribution in [2.75, 3.05) is 16.8 Å². The van der Waals surface area contributed by atoms with Crippen molar-refractivity contribution in [3.63, 3.8) is 0 Å². The van der Waals surface area contributed by atoms with Gasteiger partial charge in [-0.3, -0.25) is 0 Å². The SMILES string of the molecule is CCOc1ccc(NC2=Nc3ccccc3N3C2=Nc2c(c(C)nn2-c2ccccc2)[C@H]3c2cccs2)cc1. The Morgan fingerprint density at radius 3 is 2.46 bits per heavy atom. The normalized spacial score (nSPS) is 15.5. The van der Waals surface area contributed by atoms with Gasteiger partial charge >= 0.3 is 0 Å². The number of aromatic nitrogens is 2. The molecule has 0 unspecified atom stereocenters. The Labute approximate surface area is 230 Å². The Morgan fingerprint density at radius 2 is 1.69 bits per heavy atom. The molecule has 3 aromatic carbocycles. The molecule has 7 rings (SSSR count). The Balaban J connectivity index is 1.43. The van der Waals surface area contributed by atoms with Crippen LogP contribution in [0.2, 0.25) is 0 Å². The third-order valence-corrected chi connectivity index (χ3v) is 7.80. The Kier molecular flexibility index (Phi) is 5.74. The second-order valence-corrected chi connectivity index (χ2v) is 10.3. The highest BCUT2D eigenvalue weighted by Crippen LogP contribution is 2.49. The van der Waals surface area contributed by atoms with Gasteiger partial charge in [0.2, 0.25) is 0 Å². The van der Waals surface area contributed by atoms with Crippen LogP contribution in [0.3, 0.4) is 0 Å². The third kappa shape index (κ3) is 4.00. The summed E-state index contributed by atoms with van der Waals surface area (Å²) in [5.74, 6) is 3.10. The van der Waals surface area contributed by atoms with E-state index in [0.29, 0.717) is 12.4 Å². The van der Waals surface area contributed by atoms with Crippen LogP contribution in [-0.4, -0.2) is 28.1 Å². The largest absolute Gasteiger partial charge is 0.494 e. The second-order valence-electron chi connectivity index (χ2n) is 9.32. The number of rotatable bonds is 5. The van der Waals surface area contributed by atoms with Gasteiger partial charge in [-0.2, -0.15) is 5.10 Å². The third-order valence-electron chi connectivity index (χ3n) is 6.88. The van der Waals surface area contributed by atoms with Crippen LogP contribution < -0.4 is 15.0 Å². The van der Waals surface area contributed by atoms with E-state index in [1.807, 2.05) is 66.2 Å². The van der Waals surface area contributed by atoms with E-state index < -0.39 is 0 Å². The molecule has 1 atom stereocenters. The Hall–Kier alpha value is -4.69. The molecule has 2 aromatic heterocycles. The number of benzene rings is 3. The number of hydrogen-bond donors (Lipinski definition) is 1. The minimum atomic E-state index is -0.0984. The lowest BCUT2D eigenvalue weighted by Crippen LogP contribution is -2.46. The lowest BCUT2D eigenvalue weighted by Gasteiger charge is -2.40. The second kappa shape index (κ2) is 9.56. The van der Waals surface area contributed by atoms with Crippen molar-refractivity contribution < 1.29 is 4.74 Å². The number of anilines is 2. The summed E-state index contributed by atoms with van der Waals surface area (Å²) in [6.07, 6.45) is 0. The number of nitrogens with zero attached hydrogens (tertiary/aromatic N) is 5. The molecule has 0 amide bonds. The number of nitrogens with one attached hydrogen (secondary N) is 1. The molecule has 0 radical (unpaired) electrons. The van der Waals surface area contributed by atoms with Crippen LogP contribution in [0.25, 0.3) is 5.69 Å². The lowest BCUT2D eigenvalue weighted by molar-refractivity contribution is 0.340. The predicted molar refractivity (Wildman–Crippen MR) is 159 cm³/mol. The van der Waals surface area contributed by atoms with E-state index in [-0.39, 0.29) is 6.04 Å². The van der Waals surface area contributed by atoms with Crippen LogP contribution >= 0.6 is 11.3 Å². The molecule has 0 saturated carbocycles. The van der Waals surface area contributed by atoms with E-state index in [0.717, 1.165) is 51.4 Å². The maximum atomic E-state index is 5.64. The standard InChI is InChI=1S/C31H26N6OS/c1-3-38-23-17-15-21(16-18-23)32-29-31-34-30-27(20(2)35-37(30)22-10-5-4-6-11-22)28(26-14-9-19-39-26)36(31)25-13-8-7-12-24(25)33-29/h4-19,28H,3H2,1-2H3,(H,32,33)/t28-/m1/s1. The van der Waals surface area contributed by atoms with E-state index in [4.69, 9.17) is 19.8 Å². The van der Waals surface area contributed by atoms with Gasteiger partial charge in [-0.1, -0.05) is 36.4 Å². The summed E-state index contributed by atoms with van der Waals surface area (Å²) in [4.78, 5) is 13.9. The zero-order valence-corrected chi connectivity index (χ0v) is 22.4. The molecule has 39 heavy (non-hydrogen) atoms. The first-order chi connectivity index (χ1) is 19.2. The number of hydrogen-bond acceptors (Lipinski definition) is 7. The number of thiophene rings is 1. The molecule has 0 spiro atoms. The van der Waals surface area contributed by atoms with Gasteiger partial charge in [0.15, 0.2) is 17.5 Å². The maximum Gasteiger partial charge on any atom is 0.179 e.